The summed E-state index contributed by atoms with van der Waals surface area (Å²) < 4.78 is 10.6. The predicted octanol–water partition coefficient (Wildman–Crippen LogP) is 3.18. The van der Waals surface area contributed by atoms with Crippen LogP contribution in [-0.2, 0) is 6.54 Å². The molecule has 1 aliphatic rings. The van der Waals surface area contributed by atoms with Gasteiger partial charge in [-0.15, -0.1) is 24.0 Å². The molecule has 2 N–H and O–H groups in total. The maximum atomic E-state index is 5.32. The Bertz CT molecular complexity index is 505. The molecule has 0 spiro atoms. The van der Waals surface area contributed by atoms with E-state index in [1.807, 2.05) is 18.2 Å². The van der Waals surface area contributed by atoms with Gasteiger partial charge in [0.05, 0.1) is 20.8 Å². The first-order chi connectivity index (χ1) is 10.8. The van der Waals surface area contributed by atoms with Crippen LogP contribution in [0.1, 0.15) is 31.7 Å². The molecule has 2 rings (SSSR count). The van der Waals surface area contributed by atoms with Crippen LogP contribution in [0.25, 0.3) is 0 Å². The first-order valence-corrected chi connectivity index (χ1v) is 8.00. The van der Waals surface area contributed by atoms with Crippen LogP contribution in [0.2, 0.25) is 0 Å². The van der Waals surface area contributed by atoms with E-state index in [-0.39, 0.29) is 24.0 Å². The monoisotopic (exact) mass is 433 g/mol. The fourth-order valence-corrected chi connectivity index (χ4v) is 2.29. The number of methoxy groups -OCH3 is 2. The van der Waals surface area contributed by atoms with Crippen LogP contribution in [0.15, 0.2) is 23.2 Å². The summed E-state index contributed by atoms with van der Waals surface area (Å²) in [7, 11) is 3.29. The van der Waals surface area contributed by atoms with Gasteiger partial charge in [0, 0.05) is 13.1 Å². The highest BCUT2D eigenvalue weighted by Gasteiger charge is 2.20. The lowest BCUT2D eigenvalue weighted by Gasteiger charge is -2.12. The SMILES string of the molecule is CCNC(=NCc1ccc(OC)c(OC)c1)NCCC1CC1.I. The maximum absolute atomic E-state index is 5.32. The molecule has 0 unspecified atom stereocenters. The highest BCUT2D eigenvalue weighted by atomic mass is 127. The molecule has 0 aromatic heterocycles. The molecule has 6 heteroatoms. The molecule has 0 atom stereocenters. The van der Waals surface area contributed by atoms with Gasteiger partial charge in [-0.2, -0.15) is 0 Å². The zero-order chi connectivity index (χ0) is 15.8. The highest BCUT2D eigenvalue weighted by Crippen LogP contribution is 2.31. The van der Waals surface area contributed by atoms with Crippen molar-refractivity contribution in [3.05, 3.63) is 23.8 Å². The van der Waals surface area contributed by atoms with Crippen molar-refractivity contribution in [2.45, 2.75) is 32.7 Å². The lowest BCUT2D eigenvalue weighted by atomic mass is 10.2. The van der Waals surface area contributed by atoms with E-state index in [9.17, 15) is 0 Å². The fourth-order valence-electron chi connectivity index (χ4n) is 2.29. The second-order valence-corrected chi connectivity index (χ2v) is 5.54. The van der Waals surface area contributed by atoms with E-state index in [1.54, 1.807) is 14.2 Å². The third-order valence-electron chi connectivity index (χ3n) is 3.75. The van der Waals surface area contributed by atoms with Crippen LogP contribution >= 0.6 is 24.0 Å². The molecule has 1 aliphatic carbocycles. The van der Waals surface area contributed by atoms with Gasteiger partial charge in [-0.05, 0) is 37.0 Å². The number of halogens is 1. The Balaban J connectivity index is 0.00000264. The van der Waals surface area contributed by atoms with Crippen molar-refractivity contribution in [2.75, 3.05) is 27.3 Å². The minimum Gasteiger partial charge on any atom is -0.493 e. The Labute approximate surface area is 156 Å². The summed E-state index contributed by atoms with van der Waals surface area (Å²) in [6.07, 6.45) is 4.02. The Kier molecular flexibility index (Phi) is 9.13. The van der Waals surface area contributed by atoms with Crippen LogP contribution < -0.4 is 20.1 Å². The molecule has 130 valence electrons. The molecular weight excluding hydrogens is 405 g/mol. The van der Waals surface area contributed by atoms with Gasteiger partial charge in [-0.25, -0.2) is 4.99 Å². The second-order valence-electron chi connectivity index (χ2n) is 5.54. The maximum Gasteiger partial charge on any atom is 0.191 e. The molecule has 0 radical (unpaired) electrons. The van der Waals surface area contributed by atoms with Crippen LogP contribution in [0.4, 0.5) is 0 Å². The van der Waals surface area contributed by atoms with Gasteiger partial charge in [0.2, 0.25) is 0 Å². The third kappa shape index (κ3) is 6.85. The van der Waals surface area contributed by atoms with E-state index in [0.717, 1.165) is 42.0 Å². The summed E-state index contributed by atoms with van der Waals surface area (Å²) in [4.78, 5) is 4.63. The lowest BCUT2D eigenvalue weighted by molar-refractivity contribution is 0.354. The molecular formula is C17H28IN3O2. The minimum absolute atomic E-state index is 0. The summed E-state index contributed by atoms with van der Waals surface area (Å²) in [5.74, 6) is 3.28. The molecule has 0 amide bonds. The van der Waals surface area contributed by atoms with E-state index < -0.39 is 0 Å². The average molecular weight is 433 g/mol. The van der Waals surface area contributed by atoms with E-state index in [4.69, 9.17) is 9.47 Å². The first-order valence-electron chi connectivity index (χ1n) is 8.00. The lowest BCUT2D eigenvalue weighted by Crippen LogP contribution is -2.37. The number of ether oxygens (including phenoxy) is 2. The van der Waals surface area contributed by atoms with Crippen molar-refractivity contribution in [1.82, 2.24) is 10.6 Å². The molecule has 23 heavy (non-hydrogen) atoms. The van der Waals surface area contributed by atoms with Gasteiger partial charge in [0.25, 0.3) is 0 Å². The van der Waals surface area contributed by atoms with Crippen molar-refractivity contribution >= 4 is 29.9 Å². The Morgan fingerprint density at radius 1 is 1.17 bits per heavy atom. The van der Waals surface area contributed by atoms with Gasteiger partial charge in [0.1, 0.15) is 0 Å². The number of nitrogens with zero attached hydrogens (tertiary/aromatic N) is 1. The second kappa shape index (κ2) is 10.6. The molecule has 1 fully saturated rings. The largest absolute Gasteiger partial charge is 0.493 e. The van der Waals surface area contributed by atoms with Gasteiger partial charge in [-0.3, -0.25) is 0 Å². The first kappa shape index (κ1) is 19.9. The minimum atomic E-state index is 0. The van der Waals surface area contributed by atoms with Crippen LogP contribution in [0, 0.1) is 5.92 Å². The van der Waals surface area contributed by atoms with Crippen molar-refractivity contribution in [2.24, 2.45) is 10.9 Å². The normalized spacial score (nSPS) is 14.0. The Morgan fingerprint density at radius 3 is 2.52 bits per heavy atom. The van der Waals surface area contributed by atoms with Crippen molar-refractivity contribution < 1.29 is 9.47 Å². The number of hydrogen-bond donors (Lipinski definition) is 2. The standard InChI is InChI=1S/C17H27N3O2.HI/c1-4-18-17(19-10-9-13-5-6-13)20-12-14-7-8-15(21-2)16(11-14)22-3;/h7-8,11,13H,4-6,9-10,12H2,1-3H3,(H2,18,19,20);1H. The highest BCUT2D eigenvalue weighted by molar-refractivity contribution is 14.0. The van der Waals surface area contributed by atoms with Crippen LogP contribution in [0.3, 0.4) is 0 Å². The van der Waals surface area contributed by atoms with E-state index >= 15 is 0 Å². The zero-order valence-corrected chi connectivity index (χ0v) is 16.6. The number of benzene rings is 1. The van der Waals surface area contributed by atoms with Gasteiger partial charge in [-0.1, -0.05) is 18.9 Å². The van der Waals surface area contributed by atoms with Crippen molar-refractivity contribution in [3.63, 3.8) is 0 Å². The van der Waals surface area contributed by atoms with Crippen LogP contribution in [-0.4, -0.2) is 33.3 Å². The molecule has 5 nitrogen and oxygen atoms in total. The van der Waals surface area contributed by atoms with Gasteiger partial charge in [0.15, 0.2) is 17.5 Å². The van der Waals surface area contributed by atoms with E-state index in [2.05, 4.69) is 22.5 Å². The van der Waals surface area contributed by atoms with Gasteiger partial charge >= 0.3 is 0 Å². The molecule has 0 bridgehead atoms. The average Bonchev–Trinajstić information content (AvgIpc) is 3.36. The van der Waals surface area contributed by atoms with E-state index in [0.29, 0.717) is 6.54 Å². The van der Waals surface area contributed by atoms with Gasteiger partial charge < -0.3 is 20.1 Å². The summed E-state index contributed by atoms with van der Waals surface area (Å²) >= 11 is 0. The summed E-state index contributed by atoms with van der Waals surface area (Å²) in [6, 6.07) is 5.89. The third-order valence-corrected chi connectivity index (χ3v) is 3.75. The topological polar surface area (TPSA) is 54.9 Å². The molecule has 0 aliphatic heterocycles. The number of aliphatic imine (C=N–C) groups is 1. The molecule has 0 heterocycles. The number of nitrogens with one attached hydrogen (secondary N) is 2. The molecule has 1 aromatic rings. The Morgan fingerprint density at radius 2 is 1.91 bits per heavy atom. The number of hydrogen-bond acceptors (Lipinski definition) is 3. The fraction of sp³-hybridized carbons (Fsp3) is 0.588. The zero-order valence-electron chi connectivity index (χ0n) is 14.2. The Hall–Kier alpha value is -1.18. The number of guanidine groups is 1. The quantitative estimate of drug-likeness (QED) is 0.376. The molecule has 1 saturated carbocycles. The smallest absolute Gasteiger partial charge is 0.191 e. The molecule has 0 saturated heterocycles. The van der Waals surface area contributed by atoms with Crippen molar-refractivity contribution in [3.8, 4) is 11.5 Å². The summed E-state index contributed by atoms with van der Waals surface area (Å²) in [6.45, 7) is 4.54. The van der Waals surface area contributed by atoms with Crippen LogP contribution in [0.5, 0.6) is 11.5 Å². The predicted molar refractivity (Wildman–Crippen MR) is 105 cm³/mol. The van der Waals surface area contributed by atoms with Crippen molar-refractivity contribution in [1.29, 1.82) is 0 Å². The summed E-state index contributed by atoms with van der Waals surface area (Å²) in [5.41, 5.74) is 1.09. The number of rotatable bonds is 8. The summed E-state index contributed by atoms with van der Waals surface area (Å²) in [5, 5.41) is 6.68. The van der Waals surface area contributed by atoms with E-state index in [1.165, 1.54) is 19.3 Å². The molecule has 1 aromatic carbocycles.